The summed E-state index contributed by atoms with van der Waals surface area (Å²) in [6.07, 6.45) is 3.66. The van der Waals surface area contributed by atoms with Crippen LogP contribution < -0.4 is 10.6 Å². The molecule has 0 aliphatic rings. The van der Waals surface area contributed by atoms with E-state index in [9.17, 15) is 18.0 Å². The normalized spacial score (nSPS) is 11.4. The average molecular weight is 583 g/mol. The van der Waals surface area contributed by atoms with Gasteiger partial charge < -0.3 is 10.1 Å². The van der Waals surface area contributed by atoms with Crippen LogP contribution >= 0.6 is 11.6 Å². The van der Waals surface area contributed by atoms with E-state index in [-0.39, 0.29) is 17.3 Å². The Balaban J connectivity index is 1.54. The molecule has 206 valence electrons. The fourth-order valence-corrected chi connectivity index (χ4v) is 4.65. The van der Waals surface area contributed by atoms with Crippen LogP contribution in [0.5, 0.6) is 0 Å². The van der Waals surface area contributed by atoms with Crippen LogP contribution in [0.3, 0.4) is 0 Å². The van der Waals surface area contributed by atoms with Crippen molar-refractivity contribution in [2.75, 3.05) is 18.2 Å². The summed E-state index contributed by atoms with van der Waals surface area (Å²) in [5.74, 6) is -0.609. The van der Waals surface area contributed by atoms with E-state index in [1.807, 2.05) is 0 Å². The molecule has 0 aliphatic carbocycles. The molecular weight excluding hydrogens is 560 g/mol. The van der Waals surface area contributed by atoms with E-state index in [0.29, 0.717) is 38.8 Å². The van der Waals surface area contributed by atoms with E-state index < -0.39 is 21.8 Å². The van der Waals surface area contributed by atoms with Crippen molar-refractivity contribution in [2.45, 2.75) is 18.5 Å². The van der Waals surface area contributed by atoms with Gasteiger partial charge in [0, 0.05) is 27.9 Å². The summed E-state index contributed by atoms with van der Waals surface area (Å²) in [6.45, 7) is 1.49. The second-order valence-electron chi connectivity index (χ2n) is 8.16. The van der Waals surface area contributed by atoms with E-state index >= 15 is 0 Å². The third-order valence-corrected chi connectivity index (χ3v) is 7.44. The van der Waals surface area contributed by atoms with Crippen LogP contribution in [0.1, 0.15) is 18.2 Å². The van der Waals surface area contributed by atoms with Crippen LogP contribution in [0.15, 0.2) is 66.0 Å². The maximum absolute atomic E-state index is 12.7. The van der Waals surface area contributed by atoms with Gasteiger partial charge in [-0.1, -0.05) is 30.7 Å². The van der Waals surface area contributed by atoms with Crippen molar-refractivity contribution in [1.82, 2.24) is 35.7 Å². The smallest absolute Gasteiger partial charge is 0.411 e. The molecule has 0 fully saturated rings. The maximum Gasteiger partial charge on any atom is 0.411 e. The molecule has 13 nitrogen and oxygen atoms in total. The molecule has 2 N–H and O–H groups in total. The minimum atomic E-state index is -3.71. The van der Waals surface area contributed by atoms with E-state index in [1.54, 1.807) is 54.6 Å². The lowest BCUT2D eigenvalue weighted by Gasteiger charge is -2.11. The molecule has 0 aliphatic heterocycles. The first-order valence-corrected chi connectivity index (χ1v) is 13.8. The fourth-order valence-electron chi connectivity index (χ4n) is 3.52. The number of methoxy groups -OCH3 is 1. The number of amides is 2. The lowest BCUT2D eigenvalue weighted by atomic mass is 10.1. The van der Waals surface area contributed by atoms with Gasteiger partial charge in [0.2, 0.25) is 5.91 Å². The summed E-state index contributed by atoms with van der Waals surface area (Å²) in [5.41, 5.74) is 2.86. The lowest BCUT2D eigenvalue weighted by Crippen LogP contribution is -2.21. The minimum Gasteiger partial charge on any atom is -0.453 e. The zero-order valence-electron chi connectivity index (χ0n) is 21.3. The number of ether oxygens (including phenoxy) is 1. The first kappa shape index (κ1) is 28.3. The molecule has 0 saturated heterocycles. The highest BCUT2D eigenvalue weighted by atomic mass is 35.5. The summed E-state index contributed by atoms with van der Waals surface area (Å²) in [7, 11) is -2.47. The van der Waals surface area contributed by atoms with Crippen molar-refractivity contribution in [3.8, 4) is 16.8 Å². The van der Waals surface area contributed by atoms with Crippen LogP contribution in [-0.4, -0.2) is 63.7 Å². The highest BCUT2D eigenvalue weighted by molar-refractivity contribution is 7.91. The Kier molecular flexibility index (Phi) is 8.81. The van der Waals surface area contributed by atoms with Crippen molar-refractivity contribution >= 4 is 45.2 Å². The number of carbonyl (C=O) groups excluding carboxylic acids is 2. The molecule has 2 heterocycles. The van der Waals surface area contributed by atoms with Gasteiger partial charge in [-0.3, -0.25) is 10.1 Å². The standard InChI is InChI=1S/C25H23ClN8O5S/c1-3-40(37,38)24-21(16-4-8-19(9-5-16)29-25(36)39-2)13-20(30-31-24)14-27-23(35)11-6-17-12-18(26)7-10-22(17)34-15-28-32-33-34/h4-13,15H,3,14H2,1-2H3,(H,27,35)(H,29,36)/b11-6+. The second kappa shape index (κ2) is 12.4. The predicted octanol–water partition coefficient (Wildman–Crippen LogP) is 3.07. The SMILES string of the molecule is CCS(=O)(=O)c1nnc(CNC(=O)/C=C/c2cc(Cl)ccc2-n2cnnn2)cc1-c1ccc(NC(=O)OC)cc1. The number of anilines is 1. The van der Waals surface area contributed by atoms with Crippen molar-refractivity contribution in [1.29, 1.82) is 0 Å². The van der Waals surface area contributed by atoms with E-state index in [0.717, 1.165) is 0 Å². The number of halogens is 1. The first-order valence-electron chi connectivity index (χ1n) is 11.7. The molecule has 2 aromatic carbocycles. The van der Waals surface area contributed by atoms with Crippen LogP contribution in [0.4, 0.5) is 10.5 Å². The Labute approximate surface area is 234 Å². The third-order valence-electron chi connectivity index (χ3n) is 5.56. The number of tetrazole rings is 1. The average Bonchev–Trinajstić information content (AvgIpc) is 3.50. The number of nitrogens with one attached hydrogen (secondary N) is 2. The van der Waals surface area contributed by atoms with Gasteiger partial charge in [-0.05, 0) is 58.5 Å². The van der Waals surface area contributed by atoms with Gasteiger partial charge in [0.05, 0.1) is 30.8 Å². The zero-order chi connectivity index (χ0) is 28.7. The molecule has 15 heteroatoms. The van der Waals surface area contributed by atoms with Crippen LogP contribution in [0, 0.1) is 0 Å². The summed E-state index contributed by atoms with van der Waals surface area (Å²) < 4.78 is 31.4. The molecule has 4 aromatic rings. The molecule has 0 bridgehead atoms. The molecule has 0 atom stereocenters. The molecule has 2 aromatic heterocycles. The Hall–Kier alpha value is -4.69. The molecule has 0 saturated carbocycles. The Bertz CT molecular complexity index is 1660. The van der Waals surface area contributed by atoms with Crippen LogP contribution in [-0.2, 0) is 25.9 Å². The number of nitrogens with zero attached hydrogens (tertiary/aromatic N) is 6. The topological polar surface area (TPSA) is 171 Å². The van der Waals surface area contributed by atoms with E-state index in [4.69, 9.17) is 11.6 Å². The largest absolute Gasteiger partial charge is 0.453 e. The lowest BCUT2D eigenvalue weighted by molar-refractivity contribution is -0.116. The highest BCUT2D eigenvalue weighted by Gasteiger charge is 2.21. The third kappa shape index (κ3) is 6.84. The first-order chi connectivity index (χ1) is 19.2. The van der Waals surface area contributed by atoms with Crippen molar-refractivity contribution in [3.05, 3.63) is 77.2 Å². The number of hydrogen-bond acceptors (Lipinski definition) is 10. The minimum absolute atomic E-state index is 0.0208. The number of aromatic nitrogens is 6. The van der Waals surface area contributed by atoms with E-state index in [1.165, 1.54) is 31.1 Å². The summed E-state index contributed by atoms with van der Waals surface area (Å²) in [6, 6.07) is 13.1. The predicted molar refractivity (Wildman–Crippen MR) is 146 cm³/mol. The number of rotatable bonds is 9. The van der Waals surface area contributed by atoms with Gasteiger partial charge in [-0.2, -0.15) is 9.78 Å². The molecule has 0 spiro atoms. The molecule has 0 radical (unpaired) electrons. The van der Waals surface area contributed by atoms with Crippen LogP contribution in [0.2, 0.25) is 5.02 Å². The maximum atomic E-state index is 12.7. The molecule has 2 amide bonds. The Morgan fingerprint density at radius 2 is 1.88 bits per heavy atom. The summed E-state index contributed by atoms with van der Waals surface area (Å²) in [4.78, 5) is 24.0. The van der Waals surface area contributed by atoms with Crippen molar-refractivity contribution in [2.24, 2.45) is 0 Å². The number of benzene rings is 2. The van der Waals surface area contributed by atoms with Gasteiger partial charge in [0.15, 0.2) is 14.9 Å². The fraction of sp³-hybridized carbons (Fsp3) is 0.160. The van der Waals surface area contributed by atoms with E-state index in [2.05, 4.69) is 41.1 Å². The molecule has 40 heavy (non-hydrogen) atoms. The quantitative estimate of drug-likeness (QED) is 0.279. The van der Waals surface area contributed by atoms with Gasteiger partial charge >= 0.3 is 6.09 Å². The number of carbonyl (C=O) groups is 2. The van der Waals surface area contributed by atoms with Gasteiger partial charge in [-0.25, -0.2) is 13.2 Å². The van der Waals surface area contributed by atoms with Crippen molar-refractivity contribution in [3.63, 3.8) is 0 Å². The van der Waals surface area contributed by atoms with Gasteiger partial charge in [0.25, 0.3) is 0 Å². The second-order valence-corrected chi connectivity index (χ2v) is 10.8. The summed E-state index contributed by atoms with van der Waals surface area (Å²) in [5, 5.41) is 24.6. The molecular formula is C25H23ClN8O5S. The highest BCUT2D eigenvalue weighted by Crippen LogP contribution is 2.28. The Morgan fingerprint density at radius 1 is 1.10 bits per heavy atom. The Morgan fingerprint density at radius 3 is 2.55 bits per heavy atom. The zero-order valence-corrected chi connectivity index (χ0v) is 22.8. The number of hydrogen-bond donors (Lipinski definition) is 2. The molecule has 0 unspecified atom stereocenters. The molecule has 4 rings (SSSR count). The van der Waals surface area contributed by atoms with Crippen molar-refractivity contribution < 1.29 is 22.7 Å². The van der Waals surface area contributed by atoms with Gasteiger partial charge in [0.1, 0.15) is 6.33 Å². The van der Waals surface area contributed by atoms with Crippen LogP contribution in [0.25, 0.3) is 22.9 Å². The number of sulfone groups is 1. The van der Waals surface area contributed by atoms with Gasteiger partial charge in [-0.15, -0.1) is 10.2 Å². The summed E-state index contributed by atoms with van der Waals surface area (Å²) >= 11 is 6.12. The monoisotopic (exact) mass is 582 g/mol.